The monoisotopic (exact) mass is 1950 g/mol. The zero-order chi connectivity index (χ0) is 98.6. The summed E-state index contributed by atoms with van der Waals surface area (Å²) in [5.41, 5.74) is 11.8. The summed E-state index contributed by atoms with van der Waals surface area (Å²) in [6.07, 6.45) is 17.3. The number of aliphatic hydroxyl groups is 1. The number of hydrogen-bond donors (Lipinski definition) is 6. The number of hydrogen-bond acceptors (Lipinski definition) is 23. The van der Waals surface area contributed by atoms with Gasteiger partial charge in [0.1, 0.15) is 11.2 Å². The van der Waals surface area contributed by atoms with Crippen LogP contribution >= 0.6 is 0 Å². The number of aliphatic hydroxyl groups excluding tert-OH is 1. The number of carboxylic acids is 1. The van der Waals surface area contributed by atoms with E-state index >= 15 is 0 Å². The molecule has 141 heavy (non-hydrogen) atoms. The Hall–Kier alpha value is -12.7. The third-order valence-corrected chi connectivity index (χ3v) is 35.0. The van der Waals surface area contributed by atoms with E-state index in [-0.39, 0.29) is 107 Å². The fraction of sp³-hybridized carbons (Fsp3) is 0.449. The van der Waals surface area contributed by atoms with Crippen molar-refractivity contribution in [1.82, 2.24) is 102 Å². The van der Waals surface area contributed by atoms with Crippen molar-refractivity contribution in [3.05, 3.63) is 286 Å². The molecule has 4 amide bonds. The summed E-state index contributed by atoms with van der Waals surface area (Å²) in [4.78, 5) is 85.2. The molecule has 6 aromatic carbocycles. The quantitative estimate of drug-likeness (QED) is 0.0248. The summed E-state index contributed by atoms with van der Waals surface area (Å²) in [6.45, 7) is 35.3. The topological polar surface area (TPSA) is 390 Å². The molecule has 2 saturated heterocycles. The lowest BCUT2D eigenvalue weighted by Gasteiger charge is -2.43. The maximum Gasteiger partial charge on any atom is 0.410 e. The SMILES string of the molecule is C.C.C.CC(C)(C)OC(=O)N1[C@H](Cc2ccc(C(=O)O)cc2)CC[C@@H]1[C@H](O[Si](C)(C)C(C)(C)C)c1ccccc1.CN(Cc1cncc(-c2nn[nH]n2)c1)C(=O)c1ccc(C[C@@H]2CC[C@H]([C@H](O)c3ccccc3)C2)cc1.CN(Cc1cncc(-c2nn[nH]n2)c1)C(=O)c1ccc(C[C@@H]2CC[C@H]([C@H](O[Si](C)(C)C(C)(C)C)c3ccccc3)N2C(=O)OC(C)(C)C)cc1.CNCc1cncc(-c2nn[nH]n2)c1.[B]. The van der Waals surface area contributed by atoms with E-state index in [4.69, 9.17) is 18.3 Å². The Kier molecular flexibility index (Phi) is 40.7. The number of nitrogens with one attached hydrogen (secondary N) is 4. The van der Waals surface area contributed by atoms with Crippen molar-refractivity contribution in [1.29, 1.82) is 0 Å². The van der Waals surface area contributed by atoms with Crippen LogP contribution in [0.1, 0.15) is 250 Å². The maximum atomic E-state index is 14.0. The van der Waals surface area contributed by atoms with E-state index in [2.05, 4.69) is 186 Å². The first-order valence-corrected chi connectivity index (χ1v) is 52.8. The summed E-state index contributed by atoms with van der Waals surface area (Å²) in [5, 5.41) is 64.8. The van der Waals surface area contributed by atoms with E-state index in [1.54, 1.807) is 73.2 Å². The van der Waals surface area contributed by atoms with E-state index in [9.17, 15) is 34.2 Å². The fourth-order valence-electron chi connectivity index (χ4n) is 17.1. The summed E-state index contributed by atoms with van der Waals surface area (Å²) in [7, 11) is 1.05. The van der Waals surface area contributed by atoms with Crippen molar-refractivity contribution in [3.63, 3.8) is 0 Å². The third kappa shape index (κ3) is 31.4. The highest BCUT2D eigenvalue weighted by Gasteiger charge is 2.50. The van der Waals surface area contributed by atoms with Gasteiger partial charge in [-0.2, -0.15) is 15.6 Å². The molecule has 751 valence electrons. The number of nitrogens with zero attached hydrogens (tertiary/aromatic N) is 16. The van der Waals surface area contributed by atoms with Crippen molar-refractivity contribution in [2.75, 3.05) is 21.1 Å². The number of H-pyrrole nitrogens is 3. The minimum Gasteiger partial charge on any atom is -0.478 e. The lowest BCUT2D eigenvalue weighted by Crippen LogP contribution is -2.50. The molecule has 6 aromatic heterocycles. The molecule has 12 aromatic rings. The van der Waals surface area contributed by atoms with E-state index in [1.807, 2.05) is 192 Å². The molecule has 3 fully saturated rings. The molecule has 15 rings (SSSR count). The number of carboxylic acid groups (broad SMARTS) is 1. The van der Waals surface area contributed by atoms with Gasteiger partial charge in [-0.1, -0.05) is 191 Å². The van der Waals surface area contributed by atoms with Gasteiger partial charge in [-0.15, -0.1) is 30.6 Å². The molecule has 0 bridgehead atoms. The van der Waals surface area contributed by atoms with Crippen molar-refractivity contribution >= 4 is 55.0 Å². The van der Waals surface area contributed by atoms with Gasteiger partial charge in [0, 0.05) is 119 Å². The Balaban J connectivity index is 0.000000241. The van der Waals surface area contributed by atoms with Crippen molar-refractivity contribution in [2.45, 2.75) is 279 Å². The van der Waals surface area contributed by atoms with Crippen LogP contribution in [-0.2, 0) is 57.2 Å². The van der Waals surface area contributed by atoms with Crippen LogP contribution in [0.5, 0.6) is 0 Å². The standard InChI is InChI=1S/C38H51N7O4Si.C30H43NO5Si.C28H30N6O2.C8H10N6.3CH4.B/c1-37(2,3)48-36(47)45-31(19-20-32(45)33(28-13-11-10-12-14-28)49-50(8,9)38(4,5)6)22-26-15-17-29(18-16-26)35(46)44(7)25-27-21-30(24-39-23-27)34-40-42-43-41-34;1-29(2,3)35-28(34)31-24(20-21-14-16-23(17-15-21)27(32)33)18-19-25(31)26(22-12-10-9-11-13-22)36-37(7,8)30(4,5)6;1-34(18-21-15-25(17-29-16-21)27-30-32-33-31-27)28(36)23-10-7-19(8-11-23)13-20-9-12-24(14-20)26(35)22-5-3-2-4-6-22;1-9-3-6-2-7(5-10-4-6)8-11-13-14-12-8;;;;/h10-18,21,23-24,31-33H,19-20,22,25H2,1-9H3,(H,40,41,42,43);9-17,24-26H,18-20H2,1-8H3,(H,32,33);2-8,10-11,15-17,20,24,26,35H,9,12-14,18H2,1H3,(H,30,31,32,33);2,4-5,9H,3H2,1H3,(H,11,12,13,14);3*1H4;/t31-,32+,33+;24-,25+,26+;20-,24-,26+;;;;;/m000...../s1. The van der Waals surface area contributed by atoms with Crippen LogP contribution < -0.4 is 5.32 Å². The molecule has 0 spiro atoms. The Bertz CT molecular complexity index is 5860. The Morgan fingerprint density at radius 3 is 1.12 bits per heavy atom. The number of amides is 4. The van der Waals surface area contributed by atoms with Crippen molar-refractivity contribution in [3.8, 4) is 34.2 Å². The Morgan fingerprint density at radius 1 is 0.447 bits per heavy atom. The van der Waals surface area contributed by atoms with Gasteiger partial charge in [0.05, 0.1) is 36.0 Å². The van der Waals surface area contributed by atoms with Crippen LogP contribution in [0.25, 0.3) is 34.2 Å². The van der Waals surface area contributed by atoms with Gasteiger partial charge in [0.2, 0.25) is 17.5 Å². The highest BCUT2D eigenvalue weighted by molar-refractivity contribution is 6.74. The summed E-state index contributed by atoms with van der Waals surface area (Å²) >= 11 is 0. The van der Waals surface area contributed by atoms with E-state index in [1.165, 1.54) is 5.56 Å². The molecule has 1 aliphatic carbocycles. The van der Waals surface area contributed by atoms with Crippen molar-refractivity contribution < 1.29 is 52.5 Å². The second kappa shape index (κ2) is 50.6. The van der Waals surface area contributed by atoms with Gasteiger partial charge in [-0.25, -0.2) is 14.4 Å². The molecule has 3 aliphatic rings. The molecule has 6 N–H and O–H groups in total. The molecule has 3 radical (unpaired) electrons. The number of aromatic nitrogens is 15. The highest BCUT2D eigenvalue weighted by atomic mass is 28.4. The number of aromatic amines is 3. The molecule has 34 heteroatoms. The van der Waals surface area contributed by atoms with Crippen LogP contribution in [-0.4, -0.2) is 218 Å². The van der Waals surface area contributed by atoms with Crippen LogP contribution in [0.4, 0.5) is 9.59 Å². The largest absolute Gasteiger partial charge is 0.478 e. The number of aromatic carboxylic acids is 1. The first kappa shape index (κ1) is 114. The molecule has 31 nitrogen and oxygen atoms in total. The maximum absolute atomic E-state index is 14.0. The fourth-order valence-corrected chi connectivity index (χ4v) is 19.6. The van der Waals surface area contributed by atoms with Crippen LogP contribution in [0, 0.1) is 11.8 Å². The predicted octanol–water partition coefficient (Wildman–Crippen LogP) is 20.8. The molecule has 0 unspecified atom stereocenters. The average Bonchev–Trinajstić information content (AvgIpc) is 1.65. The second-order valence-corrected chi connectivity index (χ2v) is 50.4. The number of rotatable bonds is 28. The number of benzene rings is 6. The second-order valence-electron chi connectivity index (χ2n) is 40.9. The predicted molar refractivity (Wildman–Crippen MR) is 557 cm³/mol. The smallest absolute Gasteiger partial charge is 0.410 e. The first-order valence-electron chi connectivity index (χ1n) is 47.0. The number of tetrazole rings is 3. The Labute approximate surface area is 836 Å². The number of carbonyl (C=O) groups is 5. The summed E-state index contributed by atoms with van der Waals surface area (Å²) in [5.74, 6) is 1.24. The van der Waals surface area contributed by atoms with Crippen molar-refractivity contribution in [2.24, 2.45) is 11.8 Å². The zero-order valence-electron chi connectivity index (χ0n) is 83.0. The normalized spacial score (nSPS) is 17.0. The van der Waals surface area contributed by atoms with Crippen LogP contribution in [0.15, 0.2) is 219 Å². The number of ether oxygens (including phenoxy) is 2. The van der Waals surface area contributed by atoms with E-state index < -0.39 is 39.9 Å². The van der Waals surface area contributed by atoms with Gasteiger partial charge >= 0.3 is 18.2 Å². The average molecular weight is 1960 g/mol. The molecule has 2 aliphatic heterocycles. The third-order valence-electron chi connectivity index (χ3n) is 26.1. The molecular weight excluding hydrogens is 1810 g/mol. The minimum atomic E-state index is -2.22. The first-order chi connectivity index (χ1) is 65.1. The number of likely N-dealkylation sites (tertiary alicyclic amines) is 2. The highest BCUT2D eigenvalue weighted by Crippen LogP contribution is 2.48. The van der Waals surface area contributed by atoms with Gasteiger partial charge in [-0.05, 0) is 281 Å². The molecule has 8 heterocycles. The zero-order valence-corrected chi connectivity index (χ0v) is 85.0. The van der Waals surface area contributed by atoms with E-state index in [0.29, 0.717) is 66.4 Å². The molecule has 9 atom stereocenters. The molecular formula is C107H146BN20O11Si2. The molecule has 1 saturated carbocycles. The van der Waals surface area contributed by atoms with Gasteiger partial charge in [0.15, 0.2) is 16.6 Å². The Morgan fingerprint density at radius 2 is 0.787 bits per heavy atom. The number of carbonyl (C=O) groups excluding carboxylic acids is 4. The van der Waals surface area contributed by atoms with Gasteiger partial charge in [0.25, 0.3) is 11.8 Å². The van der Waals surface area contributed by atoms with Gasteiger partial charge in [-0.3, -0.25) is 34.3 Å². The van der Waals surface area contributed by atoms with Crippen LogP contribution in [0.3, 0.4) is 0 Å². The summed E-state index contributed by atoms with van der Waals surface area (Å²) in [6, 6.07) is 58.3. The lowest BCUT2D eigenvalue weighted by atomic mass is 9.91. The number of pyridine rings is 3. The van der Waals surface area contributed by atoms with E-state index in [0.717, 1.165) is 119 Å². The van der Waals surface area contributed by atoms with Crippen LogP contribution in [0.2, 0.25) is 36.3 Å². The minimum absolute atomic E-state index is 0. The summed E-state index contributed by atoms with van der Waals surface area (Å²) < 4.78 is 26.1. The lowest BCUT2D eigenvalue weighted by molar-refractivity contribution is -0.00310. The van der Waals surface area contributed by atoms with Gasteiger partial charge < -0.3 is 43.7 Å².